The van der Waals surface area contributed by atoms with Crippen LogP contribution in [-0.4, -0.2) is 11.1 Å². The van der Waals surface area contributed by atoms with Crippen LogP contribution >= 0.6 is 0 Å². The van der Waals surface area contributed by atoms with Crippen LogP contribution in [0, 0.1) is 5.92 Å². The summed E-state index contributed by atoms with van der Waals surface area (Å²) >= 11 is 0. The van der Waals surface area contributed by atoms with Gasteiger partial charge in [0, 0.05) is 12.6 Å². The second kappa shape index (κ2) is 7.66. The molecule has 0 spiro atoms. The first-order chi connectivity index (χ1) is 9.31. The summed E-state index contributed by atoms with van der Waals surface area (Å²) in [6.07, 6.45) is 8.17. The van der Waals surface area contributed by atoms with Gasteiger partial charge in [0.05, 0.1) is 6.61 Å². The molecule has 1 aliphatic rings. The molecule has 2 N–H and O–H groups in total. The monoisotopic (exact) mass is 261 g/mol. The molecule has 0 saturated heterocycles. The SMILES string of the molecule is CCC1CCCC(NCc2ccc(CO)cc2)CC1. The number of rotatable bonds is 5. The molecule has 1 aromatic carbocycles. The average molecular weight is 261 g/mol. The van der Waals surface area contributed by atoms with Crippen molar-refractivity contribution >= 4 is 0 Å². The highest BCUT2D eigenvalue weighted by Crippen LogP contribution is 2.25. The average Bonchev–Trinajstić information content (AvgIpc) is 2.70. The number of benzene rings is 1. The first-order valence-corrected chi connectivity index (χ1v) is 7.74. The molecule has 106 valence electrons. The van der Waals surface area contributed by atoms with Crippen molar-refractivity contribution in [3.05, 3.63) is 35.4 Å². The molecule has 2 atom stereocenters. The van der Waals surface area contributed by atoms with Crippen LogP contribution in [0.25, 0.3) is 0 Å². The maximum atomic E-state index is 9.03. The van der Waals surface area contributed by atoms with Gasteiger partial charge < -0.3 is 10.4 Å². The largest absolute Gasteiger partial charge is 0.392 e. The molecule has 0 aliphatic heterocycles. The van der Waals surface area contributed by atoms with Crippen molar-refractivity contribution in [3.8, 4) is 0 Å². The Hall–Kier alpha value is -0.860. The Morgan fingerprint density at radius 1 is 1.05 bits per heavy atom. The van der Waals surface area contributed by atoms with Gasteiger partial charge in [-0.15, -0.1) is 0 Å². The van der Waals surface area contributed by atoms with Crippen molar-refractivity contribution in [1.82, 2.24) is 5.32 Å². The van der Waals surface area contributed by atoms with E-state index in [4.69, 9.17) is 5.11 Å². The van der Waals surface area contributed by atoms with Gasteiger partial charge in [-0.05, 0) is 36.3 Å². The third kappa shape index (κ3) is 4.63. The Labute approximate surface area is 117 Å². The molecule has 0 bridgehead atoms. The van der Waals surface area contributed by atoms with Crippen molar-refractivity contribution in [1.29, 1.82) is 0 Å². The number of hydrogen-bond donors (Lipinski definition) is 2. The fourth-order valence-electron chi connectivity index (χ4n) is 3.02. The van der Waals surface area contributed by atoms with Crippen LogP contribution in [-0.2, 0) is 13.2 Å². The van der Waals surface area contributed by atoms with E-state index >= 15 is 0 Å². The predicted octanol–water partition coefficient (Wildman–Crippen LogP) is 3.63. The minimum Gasteiger partial charge on any atom is -0.392 e. The molecule has 1 aromatic rings. The predicted molar refractivity (Wildman–Crippen MR) is 79.9 cm³/mol. The van der Waals surface area contributed by atoms with Gasteiger partial charge in [-0.2, -0.15) is 0 Å². The van der Waals surface area contributed by atoms with Gasteiger partial charge >= 0.3 is 0 Å². The van der Waals surface area contributed by atoms with Crippen LogP contribution < -0.4 is 5.32 Å². The van der Waals surface area contributed by atoms with E-state index < -0.39 is 0 Å². The Morgan fingerprint density at radius 3 is 2.47 bits per heavy atom. The second-order valence-electron chi connectivity index (χ2n) is 5.83. The molecule has 1 fully saturated rings. The van der Waals surface area contributed by atoms with Crippen molar-refractivity contribution in [2.45, 2.75) is 64.6 Å². The minimum absolute atomic E-state index is 0.134. The van der Waals surface area contributed by atoms with Crippen LogP contribution in [0.5, 0.6) is 0 Å². The molecule has 19 heavy (non-hydrogen) atoms. The molecule has 2 unspecified atom stereocenters. The quantitative estimate of drug-likeness (QED) is 0.793. The Morgan fingerprint density at radius 2 is 1.79 bits per heavy atom. The van der Waals surface area contributed by atoms with Gasteiger partial charge in [0.25, 0.3) is 0 Å². The third-order valence-corrected chi connectivity index (χ3v) is 4.47. The van der Waals surface area contributed by atoms with E-state index in [1.807, 2.05) is 12.1 Å². The smallest absolute Gasteiger partial charge is 0.0681 e. The standard InChI is InChI=1S/C17H27NO/c1-2-14-4-3-5-17(11-10-14)18-12-15-6-8-16(13-19)9-7-15/h6-9,14,17-19H,2-5,10-13H2,1H3. The summed E-state index contributed by atoms with van der Waals surface area (Å²) in [7, 11) is 0. The number of aliphatic hydroxyl groups is 1. The van der Waals surface area contributed by atoms with E-state index in [2.05, 4.69) is 24.4 Å². The van der Waals surface area contributed by atoms with Crippen molar-refractivity contribution < 1.29 is 5.11 Å². The van der Waals surface area contributed by atoms with Crippen LogP contribution in [0.15, 0.2) is 24.3 Å². The first kappa shape index (κ1) is 14.5. The number of hydrogen-bond acceptors (Lipinski definition) is 2. The van der Waals surface area contributed by atoms with Crippen molar-refractivity contribution in [2.24, 2.45) is 5.92 Å². The zero-order valence-corrected chi connectivity index (χ0v) is 12.1. The van der Waals surface area contributed by atoms with Crippen LogP contribution in [0.3, 0.4) is 0 Å². The highest BCUT2D eigenvalue weighted by Gasteiger charge is 2.17. The molecule has 1 aliphatic carbocycles. The van der Waals surface area contributed by atoms with Crippen LogP contribution in [0.2, 0.25) is 0 Å². The molecule has 1 saturated carbocycles. The maximum Gasteiger partial charge on any atom is 0.0681 e. The highest BCUT2D eigenvalue weighted by molar-refractivity contribution is 5.21. The fourth-order valence-corrected chi connectivity index (χ4v) is 3.02. The first-order valence-electron chi connectivity index (χ1n) is 7.74. The Kier molecular flexibility index (Phi) is 5.87. The molecule has 0 amide bonds. The second-order valence-corrected chi connectivity index (χ2v) is 5.83. The van der Waals surface area contributed by atoms with E-state index in [1.54, 1.807) is 0 Å². The van der Waals surface area contributed by atoms with Gasteiger partial charge in [0.2, 0.25) is 0 Å². The normalized spacial score (nSPS) is 24.1. The number of aliphatic hydroxyl groups excluding tert-OH is 1. The van der Waals surface area contributed by atoms with Gasteiger partial charge in [-0.3, -0.25) is 0 Å². The summed E-state index contributed by atoms with van der Waals surface area (Å²) in [4.78, 5) is 0. The third-order valence-electron chi connectivity index (χ3n) is 4.47. The molecule has 2 heteroatoms. The molecular weight excluding hydrogens is 234 g/mol. The highest BCUT2D eigenvalue weighted by atomic mass is 16.3. The summed E-state index contributed by atoms with van der Waals surface area (Å²) in [5.41, 5.74) is 2.30. The van der Waals surface area contributed by atoms with Gasteiger partial charge in [0.15, 0.2) is 0 Å². The van der Waals surface area contributed by atoms with Gasteiger partial charge in [0.1, 0.15) is 0 Å². The zero-order valence-electron chi connectivity index (χ0n) is 12.1. The molecule has 0 aromatic heterocycles. The van der Waals surface area contributed by atoms with Gasteiger partial charge in [-0.25, -0.2) is 0 Å². The summed E-state index contributed by atoms with van der Waals surface area (Å²) in [5, 5.41) is 12.7. The van der Waals surface area contributed by atoms with E-state index in [9.17, 15) is 0 Å². The maximum absolute atomic E-state index is 9.03. The fraction of sp³-hybridized carbons (Fsp3) is 0.647. The van der Waals surface area contributed by atoms with Crippen molar-refractivity contribution in [3.63, 3.8) is 0 Å². The summed E-state index contributed by atoms with van der Waals surface area (Å²) in [6, 6.07) is 8.94. The molecule has 0 heterocycles. The van der Waals surface area contributed by atoms with E-state index in [0.29, 0.717) is 6.04 Å². The minimum atomic E-state index is 0.134. The summed E-state index contributed by atoms with van der Waals surface area (Å²) < 4.78 is 0. The lowest BCUT2D eigenvalue weighted by molar-refractivity contribution is 0.282. The Balaban J connectivity index is 1.77. The topological polar surface area (TPSA) is 32.3 Å². The lowest BCUT2D eigenvalue weighted by Gasteiger charge is -2.16. The number of nitrogens with one attached hydrogen (secondary N) is 1. The molecular formula is C17H27NO. The van der Waals surface area contributed by atoms with Crippen LogP contribution in [0.1, 0.15) is 56.6 Å². The molecule has 2 rings (SSSR count). The zero-order chi connectivity index (χ0) is 13.5. The Bertz CT molecular complexity index is 360. The van der Waals surface area contributed by atoms with Crippen molar-refractivity contribution in [2.75, 3.05) is 0 Å². The van der Waals surface area contributed by atoms with E-state index in [1.165, 1.54) is 44.1 Å². The van der Waals surface area contributed by atoms with Gasteiger partial charge in [-0.1, -0.05) is 50.5 Å². The summed E-state index contributed by atoms with van der Waals surface area (Å²) in [5.74, 6) is 0.954. The van der Waals surface area contributed by atoms with E-state index in [0.717, 1.165) is 18.0 Å². The lowest BCUT2D eigenvalue weighted by Crippen LogP contribution is -2.27. The molecule has 2 nitrogen and oxygen atoms in total. The van der Waals surface area contributed by atoms with E-state index in [-0.39, 0.29) is 6.61 Å². The lowest BCUT2D eigenvalue weighted by atomic mass is 9.98. The molecule has 0 radical (unpaired) electrons. The summed E-state index contributed by atoms with van der Waals surface area (Å²) in [6.45, 7) is 3.41. The van der Waals surface area contributed by atoms with Crippen LogP contribution in [0.4, 0.5) is 0 Å².